The Bertz CT molecular complexity index is 1150. The van der Waals surface area contributed by atoms with Gasteiger partial charge >= 0.3 is 0 Å². The van der Waals surface area contributed by atoms with E-state index in [9.17, 15) is 14.7 Å². The number of phenolic OH excluding ortho intramolecular Hbond substituents is 1. The number of thiazole rings is 1. The van der Waals surface area contributed by atoms with E-state index < -0.39 is 0 Å². The first kappa shape index (κ1) is 23.6. The molecule has 8 heteroatoms. The topological polar surface area (TPSA) is 105 Å². The fraction of sp³-hybridized carbons (Fsp3) is 0.577. The number of aromatic hydroxyl groups is 1. The molecule has 3 aliphatic rings. The maximum Gasteiger partial charge on any atom is 0.226 e. The van der Waals surface area contributed by atoms with Crippen molar-refractivity contribution in [1.82, 2.24) is 4.98 Å². The van der Waals surface area contributed by atoms with Crippen molar-refractivity contribution in [3.05, 3.63) is 33.3 Å². The van der Waals surface area contributed by atoms with Crippen molar-refractivity contribution in [3.63, 3.8) is 0 Å². The molecular weight excluding hydrogens is 470 g/mol. The average molecular weight is 502 g/mol. The molecule has 3 aliphatic carbocycles. The number of hydrogen-bond acceptors (Lipinski definition) is 6. The largest absolute Gasteiger partial charge is 0.504 e. The number of halogens is 1. The van der Waals surface area contributed by atoms with E-state index in [1.165, 1.54) is 11.3 Å². The number of Topliss-reactive ketones (excluding diaryl/α,β-unsaturated/α-hetero) is 1. The lowest BCUT2D eigenvalue weighted by atomic mass is 9.54. The van der Waals surface area contributed by atoms with Crippen molar-refractivity contribution in [3.8, 4) is 5.75 Å². The van der Waals surface area contributed by atoms with Crippen molar-refractivity contribution >= 4 is 45.4 Å². The van der Waals surface area contributed by atoms with E-state index in [1.54, 1.807) is 6.20 Å². The molecule has 6 nitrogen and oxygen atoms in total. The van der Waals surface area contributed by atoms with Crippen molar-refractivity contribution in [2.45, 2.75) is 71.1 Å². The number of nitrogens with two attached hydrogens (primary N) is 1. The molecule has 1 amide bonds. The van der Waals surface area contributed by atoms with Crippen LogP contribution in [0.2, 0.25) is 5.02 Å². The number of hydrogen-bond donors (Lipinski definition) is 3. The molecule has 2 fully saturated rings. The molecule has 0 saturated heterocycles. The summed E-state index contributed by atoms with van der Waals surface area (Å²) in [7, 11) is 0. The van der Waals surface area contributed by atoms with Crippen LogP contribution in [-0.4, -0.2) is 21.8 Å². The van der Waals surface area contributed by atoms with Crippen LogP contribution in [0.4, 0.5) is 10.8 Å². The van der Waals surface area contributed by atoms with Gasteiger partial charge in [-0.25, -0.2) is 4.98 Å². The Balaban J connectivity index is 1.31. The van der Waals surface area contributed by atoms with Gasteiger partial charge in [-0.2, -0.15) is 0 Å². The highest BCUT2D eigenvalue weighted by atomic mass is 35.5. The second-order valence-corrected chi connectivity index (χ2v) is 12.2. The third-order valence-corrected chi connectivity index (χ3v) is 9.90. The minimum Gasteiger partial charge on any atom is -0.504 e. The number of benzene rings is 1. The molecule has 2 aromatic rings. The van der Waals surface area contributed by atoms with Gasteiger partial charge in [0.1, 0.15) is 5.78 Å². The van der Waals surface area contributed by atoms with Crippen molar-refractivity contribution in [2.75, 3.05) is 11.1 Å². The maximum atomic E-state index is 13.2. The SMILES string of the molecule is Cc1cnc(NC(=O)CCC[C@@H]2CC(=O)[C@@]3(C)CCC4c5cc(N)c(O)c(Cl)c5CCC4C23)s1. The van der Waals surface area contributed by atoms with Gasteiger partial charge in [0, 0.05) is 29.3 Å². The lowest BCUT2D eigenvalue weighted by molar-refractivity contribution is -0.129. The predicted octanol–water partition coefficient (Wildman–Crippen LogP) is 5.85. The first-order valence-electron chi connectivity index (χ1n) is 12.2. The van der Waals surface area contributed by atoms with Crippen LogP contribution in [0.5, 0.6) is 5.75 Å². The number of rotatable bonds is 5. The molecule has 34 heavy (non-hydrogen) atoms. The molecule has 0 bridgehead atoms. The zero-order valence-corrected chi connectivity index (χ0v) is 21.3. The number of phenols is 1. The van der Waals surface area contributed by atoms with E-state index in [-0.39, 0.29) is 17.1 Å². The van der Waals surface area contributed by atoms with E-state index in [2.05, 4.69) is 17.2 Å². The summed E-state index contributed by atoms with van der Waals surface area (Å²) in [5.74, 6) is 1.68. The zero-order chi connectivity index (χ0) is 24.2. The van der Waals surface area contributed by atoms with Crippen molar-refractivity contribution in [2.24, 2.45) is 23.2 Å². The lowest BCUT2D eigenvalue weighted by Crippen LogP contribution is -2.44. The number of nitrogens with zero attached hydrogens (tertiary/aromatic N) is 1. The molecule has 1 aromatic carbocycles. The molecule has 2 saturated carbocycles. The Morgan fingerprint density at radius 3 is 2.94 bits per heavy atom. The van der Waals surface area contributed by atoms with Crippen LogP contribution in [0.1, 0.15) is 73.8 Å². The monoisotopic (exact) mass is 501 g/mol. The van der Waals surface area contributed by atoms with Gasteiger partial charge in [0.2, 0.25) is 5.91 Å². The summed E-state index contributed by atoms with van der Waals surface area (Å²) < 4.78 is 0. The number of carbonyl (C=O) groups excluding carboxylic acids is 2. The number of aromatic nitrogens is 1. The number of fused-ring (bicyclic) bond motifs is 5. The minimum atomic E-state index is -0.281. The van der Waals surface area contributed by atoms with E-state index >= 15 is 0 Å². The van der Waals surface area contributed by atoms with Crippen LogP contribution in [0.3, 0.4) is 0 Å². The summed E-state index contributed by atoms with van der Waals surface area (Å²) in [6, 6.07) is 1.91. The Morgan fingerprint density at radius 1 is 1.41 bits per heavy atom. The Hall–Kier alpha value is -2.12. The molecule has 182 valence electrons. The van der Waals surface area contributed by atoms with E-state index in [0.29, 0.717) is 58.1 Å². The number of nitrogen functional groups attached to an aromatic ring is 1. The molecule has 0 aliphatic heterocycles. The Labute approximate surface area is 209 Å². The molecule has 0 radical (unpaired) electrons. The zero-order valence-electron chi connectivity index (χ0n) is 19.7. The smallest absolute Gasteiger partial charge is 0.226 e. The van der Waals surface area contributed by atoms with Crippen LogP contribution < -0.4 is 11.1 Å². The summed E-state index contributed by atoms with van der Waals surface area (Å²) in [4.78, 5) is 30.9. The molecule has 5 atom stereocenters. The molecule has 3 unspecified atom stereocenters. The molecule has 1 aromatic heterocycles. The van der Waals surface area contributed by atoms with Gasteiger partial charge in [-0.05, 0) is 86.3 Å². The average Bonchev–Trinajstić information content (AvgIpc) is 3.31. The molecular formula is C26H32ClN3O3S. The number of aryl methyl sites for hydroxylation is 1. The van der Waals surface area contributed by atoms with Gasteiger partial charge in [-0.15, -0.1) is 11.3 Å². The van der Waals surface area contributed by atoms with Gasteiger partial charge < -0.3 is 16.2 Å². The molecule has 5 rings (SSSR count). The highest BCUT2D eigenvalue weighted by molar-refractivity contribution is 7.15. The van der Waals surface area contributed by atoms with Gasteiger partial charge in [0.15, 0.2) is 10.9 Å². The predicted molar refractivity (Wildman–Crippen MR) is 135 cm³/mol. The van der Waals surface area contributed by atoms with Gasteiger partial charge in [0.25, 0.3) is 0 Å². The molecule has 1 heterocycles. The summed E-state index contributed by atoms with van der Waals surface area (Å²) in [5, 5.41) is 14.1. The van der Waals surface area contributed by atoms with E-state index in [1.807, 2.05) is 13.0 Å². The Kier molecular flexibility index (Phi) is 6.13. The number of anilines is 2. The summed E-state index contributed by atoms with van der Waals surface area (Å²) in [6.07, 6.45) is 8.04. The highest BCUT2D eigenvalue weighted by Gasteiger charge is 2.58. The first-order valence-corrected chi connectivity index (χ1v) is 13.4. The van der Waals surface area contributed by atoms with Crippen LogP contribution in [0.15, 0.2) is 12.3 Å². The van der Waals surface area contributed by atoms with Gasteiger partial charge in [-0.3, -0.25) is 9.59 Å². The number of nitrogens with one attached hydrogen (secondary N) is 1. The molecule has 4 N–H and O–H groups in total. The van der Waals surface area contributed by atoms with E-state index in [0.717, 1.165) is 54.5 Å². The second kappa shape index (κ2) is 8.83. The summed E-state index contributed by atoms with van der Waals surface area (Å²) in [6.45, 7) is 4.13. The van der Waals surface area contributed by atoms with Gasteiger partial charge in [0.05, 0.1) is 10.7 Å². The second-order valence-electron chi connectivity index (χ2n) is 10.6. The number of ketones is 1. The summed E-state index contributed by atoms with van der Waals surface area (Å²) >= 11 is 7.95. The number of amides is 1. The fourth-order valence-electron chi connectivity index (χ4n) is 7.14. The van der Waals surface area contributed by atoms with Crippen molar-refractivity contribution < 1.29 is 14.7 Å². The van der Waals surface area contributed by atoms with Crippen LogP contribution in [0, 0.1) is 30.1 Å². The fourth-order valence-corrected chi connectivity index (χ4v) is 8.13. The summed E-state index contributed by atoms with van der Waals surface area (Å²) in [5.41, 5.74) is 8.30. The molecule has 0 spiro atoms. The normalized spacial score (nSPS) is 29.9. The third kappa shape index (κ3) is 3.91. The quantitative estimate of drug-likeness (QED) is 0.352. The van der Waals surface area contributed by atoms with E-state index in [4.69, 9.17) is 17.3 Å². The number of carbonyl (C=O) groups is 2. The van der Waals surface area contributed by atoms with Crippen LogP contribution in [-0.2, 0) is 16.0 Å². The maximum absolute atomic E-state index is 13.2. The minimum absolute atomic E-state index is 0.0142. The lowest BCUT2D eigenvalue weighted by Gasteiger charge is -2.50. The first-order chi connectivity index (χ1) is 16.2. The Morgan fingerprint density at radius 2 is 2.21 bits per heavy atom. The standard InChI is InChI=1S/C26H32ClN3O3S/c1-13-12-29-25(34-13)30-21(32)5-3-4-14-10-20(31)26(2)9-8-15-16(22(14)26)6-7-17-18(15)11-19(28)24(33)23(17)27/h11-12,14-16,22,33H,3-10,28H2,1-2H3,(H,29,30,32)/t14-,15?,16?,22?,26-/m1/s1. The van der Waals surface area contributed by atoms with Crippen LogP contribution >= 0.6 is 22.9 Å². The van der Waals surface area contributed by atoms with Gasteiger partial charge in [-0.1, -0.05) is 18.5 Å². The van der Waals surface area contributed by atoms with Crippen LogP contribution in [0.25, 0.3) is 0 Å². The third-order valence-electron chi connectivity index (χ3n) is 8.66. The van der Waals surface area contributed by atoms with Crippen molar-refractivity contribution in [1.29, 1.82) is 0 Å². The highest BCUT2D eigenvalue weighted by Crippen LogP contribution is 2.63.